The zero-order valence-electron chi connectivity index (χ0n) is 10.8. The number of carboxylic acids is 1. The van der Waals surface area contributed by atoms with Gasteiger partial charge < -0.3 is 5.11 Å². The molecule has 19 heavy (non-hydrogen) atoms. The fraction of sp³-hybridized carbons (Fsp3) is 0.846. The van der Waals surface area contributed by atoms with Gasteiger partial charge in [0.15, 0.2) is 5.82 Å². The third-order valence-corrected chi connectivity index (χ3v) is 4.99. The maximum absolute atomic E-state index is 11.0. The lowest BCUT2D eigenvalue weighted by Gasteiger charge is -2.18. The van der Waals surface area contributed by atoms with Gasteiger partial charge in [-0.15, -0.1) is 5.10 Å². The second-order valence-corrected chi connectivity index (χ2v) is 6.41. The Bertz CT molecular complexity index is 500. The molecule has 3 atom stereocenters. The van der Waals surface area contributed by atoms with Crippen molar-refractivity contribution in [3.05, 3.63) is 5.82 Å². The van der Waals surface area contributed by atoms with E-state index >= 15 is 0 Å². The summed E-state index contributed by atoms with van der Waals surface area (Å²) in [5.74, 6) is 2.85. The predicted molar refractivity (Wildman–Crippen MR) is 65.4 cm³/mol. The molecule has 102 valence electrons. The van der Waals surface area contributed by atoms with Crippen LogP contribution in [0.3, 0.4) is 0 Å². The lowest BCUT2D eigenvalue weighted by molar-refractivity contribution is -0.138. The molecule has 3 aliphatic carbocycles. The van der Waals surface area contributed by atoms with Gasteiger partial charge >= 0.3 is 5.97 Å². The van der Waals surface area contributed by atoms with Crippen LogP contribution in [-0.2, 0) is 4.79 Å². The van der Waals surface area contributed by atoms with E-state index in [4.69, 9.17) is 5.11 Å². The fourth-order valence-electron chi connectivity index (χ4n) is 3.74. The summed E-state index contributed by atoms with van der Waals surface area (Å²) in [5.41, 5.74) is 0. The van der Waals surface area contributed by atoms with Gasteiger partial charge in [-0.3, -0.25) is 4.79 Å². The van der Waals surface area contributed by atoms with Crippen LogP contribution in [0.2, 0.25) is 0 Å². The third-order valence-electron chi connectivity index (χ3n) is 4.99. The van der Waals surface area contributed by atoms with E-state index < -0.39 is 5.97 Å². The SMILES string of the molecule is O=C(O)CC(C1CC1)n1nnnc1C1CC2CC2C1. The molecule has 3 aliphatic rings. The van der Waals surface area contributed by atoms with Crippen molar-refractivity contribution < 1.29 is 9.90 Å². The first kappa shape index (κ1) is 11.4. The van der Waals surface area contributed by atoms with Crippen LogP contribution in [-0.4, -0.2) is 31.3 Å². The molecule has 0 bridgehead atoms. The molecule has 6 heteroatoms. The highest BCUT2D eigenvalue weighted by molar-refractivity contribution is 5.67. The average molecular weight is 262 g/mol. The molecule has 1 N–H and O–H groups in total. The highest BCUT2D eigenvalue weighted by Crippen LogP contribution is 2.57. The number of aromatic nitrogens is 4. The molecule has 6 nitrogen and oxygen atoms in total. The van der Waals surface area contributed by atoms with Crippen LogP contribution >= 0.6 is 0 Å². The van der Waals surface area contributed by atoms with Gasteiger partial charge in [-0.2, -0.15) is 0 Å². The van der Waals surface area contributed by atoms with Gasteiger partial charge in [-0.1, -0.05) is 0 Å². The highest BCUT2D eigenvalue weighted by atomic mass is 16.4. The third kappa shape index (κ3) is 2.03. The van der Waals surface area contributed by atoms with Gasteiger partial charge in [0, 0.05) is 5.92 Å². The van der Waals surface area contributed by atoms with E-state index in [2.05, 4.69) is 15.5 Å². The molecule has 1 aromatic heterocycles. The van der Waals surface area contributed by atoms with E-state index in [0.29, 0.717) is 11.8 Å². The van der Waals surface area contributed by atoms with E-state index in [1.165, 1.54) is 19.3 Å². The Kier molecular flexibility index (Phi) is 2.40. The van der Waals surface area contributed by atoms with Gasteiger partial charge in [-0.25, -0.2) is 4.68 Å². The first-order valence-electron chi connectivity index (χ1n) is 7.22. The highest BCUT2D eigenvalue weighted by Gasteiger charge is 2.48. The smallest absolute Gasteiger partial charge is 0.305 e. The molecule has 0 aliphatic heterocycles. The van der Waals surface area contributed by atoms with Crippen LogP contribution in [0, 0.1) is 17.8 Å². The number of hydrogen-bond acceptors (Lipinski definition) is 4. The number of carboxylic acid groups (broad SMARTS) is 1. The van der Waals surface area contributed by atoms with Crippen molar-refractivity contribution in [2.24, 2.45) is 17.8 Å². The molecule has 3 saturated carbocycles. The number of rotatable bonds is 5. The molecular formula is C13H18N4O2. The number of hydrogen-bond donors (Lipinski definition) is 1. The fourth-order valence-corrected chi connectivity index (χ4v) is 3.74. The second kappa shape index (κ2) is 4.02. The lowest BCUT2D eigenvalue weighted by atomic mass is 10.0. The van der Waals surface area contributed by atoms with Crippen LogP contribution in [0.15, 0.2) is 0 Å². The zero-order chi connectivity index (χ0) is 13.0. The monoisotopic (exact) mass is 262 g/mol. The molecule has 1 heterocycles. The van der Waals surface area contributed by atoms with E-state index in [1.54, 1.807) is 0 Å². The van der Waals surface area contributed by atoms with Gasteiger partial charge in [0.25, 0.3) is 0 Å². The van der Waals surface area contributed by atoms with Crippen molar-refractivity contribution in [2.45, 2.75) is 50.5 Å². The summed E-state index contributed by atoms with van der Waals surface area (Å²) in [5, 5.41) is 21.2. The van der Waals surface area contributed by atoms with Crippen molar-refractivity contribution in [3.63, 3.8) is 0 Å². The largest absolute Gasteiger partial charge is 0.481 e. The Balaban J connectivity index is 1.59. The topological polar surface area (TPSA) is 80.9 Å². The molecule has 3 unspecified atom stereocenters. The molecule has 0 radical (unpaired) electrons. The van der Waals surface area contributed by atoms with Crippen LogP contribution in [0.25, 0.3) is 0 Å². The van der Waals surface area contributed by atoms with E-state index in [1.807, 2.05) is 4.68 Å². The summed E-state index contributed by atoms with van der Waals surface area (Å²) < 4.78 is 1.83. The first-order valence-corrected chi connectivity index (χ1v) is 7.22. The number of nitrogens with zero attached hydrogens (tertiary/aromatic N) is 4. The molecule has 0 aromatic carbocycles. The van der Waals surface area contributed by atoms with Gasteiger partial charge in [-0.05, 0) is 60.3 Å². The molecule has 3 fully saturated rings. The molecular weight excluding hydrogens is 244 g/mol. The summed E-state index contributed by atoms with van der Waals surface area (Å²) in [4.78, 5) is 11.0. The summed E-state index contributed by atoms with van der Waals surface area (Å²) in [6, 6.07) is -0.0422. The van der Waals surface area contributed by atoms with Crippen molar-refractivity contribution >= 4 is 5.97 Å². The Labute approximate surface area is 111 Å². The predicted octanol–water partition coefficient (Wildman–Crippen LogP) is 1.61. The quantitative estimate of drug-likeness (QED) is 0.872. The molecule has 0 spiro atoms. The van der Waals surface area contributed by atoms with Crippen LogP contribution in [0.5, 0.6) is 0 Å². The summed E-state index contributed by atoms with van der Waals surface area (Å²) in [6.45, 7) is 0. The molecule has 0 amide bonds. The minimum Gasteiger partial charge on any atom is -0.481 e. The second-order valence-electron chi connectivity index (χ2n) is 6.41. The van der Waals surface area contributed by atoms with Crippen LogP contribution in [0.4, 0.5) is 0 Å². The van der Waals surface area contributed by atoms with E-state index in [0.717, 1.165) is 30.5 Å². The minimum absolute atomic E-state index is 0.0422. The molecule has 4 rings (SSSR count). The van der Waals surface area contributed by atoms with Crippen molar-refractivity contribution in [1.29, 1.82) is 0 Å². The lowest BCUT2D eigenvalue weighted by Crippen LogP contribution is -2.21. The Morgan fingerprint density at radius 2 is 2.05 bits per heavy atom. The Morgan fingerprint density at radius 3 is 2.68 bits per heavy atom. The molecule has 0 saturated heterocycles. The number of carbonyl (C=O) groups is 1. The minimum atomic E-state index is -0.757. The van der Waals surface area contributed by atoms with Crippen molar-refractivity contribution in [3.8, 4) is 0 Å². The number of fused-ring (bicyclic) bond motifs is 1. The standard InChI is InChI=1S/C13H18N4O2/c18-12(19)6-11(7-1-2-7)17-13(14-15-16-17)10-4-8-3-9(8)5-10/h7-11H,1-6H2,(H,18,19). The number of aliphatic carboxylic acids is 1. The average Bonchev–Trinajstić information content (AvgIpc) is 3.26. The van der Waals surface area contributed by atoms with Gasteiger partial charge in [0.1, 0.15) is 0 Å². The molecule has 1 aromatic rings. The Morgan fingerprint density at radius 1 is 1.32 bits per heavy atom. The first-order chi connectivity index (χ1) is 9.22. The van der Waals surface area contributed by atoms with E-state index in [9.17, 15) is 4.79 Å². The number of tetrazole rings is 1. The van der Waals surface area contributed by atoms with Gasteiger partial charge in [0.2, 0.25) is 0 Å². The zero-order valence-corrected chi connectivity index (χ0v) is 10.8. The normalized spacial score (nSPS) is 34.0. The summed E-state index contributed by atoms with van der Waals surface area (Å²) in [6.07, 6.45) is 6.10. The van der Waals surface area contributed by atoms with Crippen LogP contribution < -0.4 is 0 Å². The van der Waals surface area contributed by atoms with Crippen molar-refractivity contribution in [1.82, 2.24) is 20.2 Å². The van der Waals surface area contributed by atoms with E-state index in [-0.39, 0.29) is 12.5 Å². The van der Waals surface area contributed by atoms with Crippen molar-refractivity contribution in [2.75, 3.05) is 0 Å². The maximum Gasteiger partial charge on any atom is 0.305 e. The summed E-state index contributed by atoms with van der Waals surface area (Å²) >= 11 is 0. The maximum atomic E-state index is 11.0. The van der Waals surface area contributed by atoms with Crippen LogP contribution in [0.1, 0.15) is 56.3 Å². The summed E-state index contributed by atoms with van der Waals surface area (Å²) in [7, 11) is 0. The Hall–Kier alpha value is -1.46. The van der Waals surface area contributed by atoms with Gasteiger partial charge in [0.05, 0.1) is 12.5 Å².